The Morgan fingerprint density at radius 3 is 2.58 bits per heavy atom. The number of hydrogen-bond acceptors (Lipinski definition) is 7. The number of carboxylic acid groups (broad SMARTS) is 1. The van der Waals surface area contributed by atoms with Crippen LogP contribution in [0.4, 0.5) is 4.79 Å². The summed E-state index contributed by atoms with van der Waals surface area (Å²) >= 11 is 0.733. The number of likely N-dealkylation sites (tertiary alicyclic amines) is 1. The zero-order valence-corrected chi connectivity index (χ0v) is 18.0. The second-order valence-corrected chi connectivity index (χ2v) is 7.99. The molecule has 0 aliphatic carbocycles. The van der Waals surface area contributed by atoms with Gasteiger partial charge in [0.15, 0.2) is 18.1 Å². The quantitative estimate of drug-likeness (QED) is 0.604. The van der Waals surface area contributed by atoms with Crippen LogP contribution in [-0.2, 0) is 14.4 Å². The van der Waals surface area contributed by atoms with Crippen LogP contribution in [0, 0.1) is 0 Å². The largest absolute Gasteiger partial charge is 0.490 e. The highest BCUT2D eigenvalue weighted by Crippen LogP contribution is 2.37. The number of rotatable bonds is 8. The van der Waals surface area contributed by atoms with Crippen LogP contribution in [0.1, 0.15) is 31.7 Å². The van der Waals surface area contributed by atoms with Gasteiger partial charge in [0.1, 0.15) is 6.54 Å². The van der Waals surface area contributed by atoms with E-state index in [9.17, 15) is 19.2 Å². The smallest absolute Gasteiger partial charge is 0.341 e. The lowest BCUT2D eigenvalue weighted by molar-refractivity contribution is -0.139. The van der Waals surface area contributed by atoms with Gasteiger partial charge in [0, 0.05) is 18.7 Å². The van der Waals surface area contributed by atoms with Crippen molar-refractivity contribution in [2.45, 2.75) is 26.2 Å². The second-order valence-electron chi connectivity index (χ2n) is 7.00. The lowest BCUT2D eigenvalue weighted by atomic mass is 10.1. The molecule has 2 aliphatic rings. The Morgan fingerprint density at radius 2 is 1.90 bits per heavy atom. The summed E-state index contributed by atoms with van der Waals surface area (Å²) in [6.45, 7) is 2.51. The molecule has 0 bridgehead atoms. The van der Waals surface area contributed by atoms with Gasteiger partial charge in [0.25, 0.3) is 11.1 Å². The first-order chi connectivity index (χ1) is 14.9. The molecule has 3 amide bonds. The predicted molar refractivity (Wildman–Crippen MR) is 114 cm³/mol. The molecule has 2 fully saturated rings. The fraction of sp³-hybridized carbons (Fsp3) is 0.429. The number of thioether (sulfide) groups is 1. The number of hydrogen-bond donors (Lipinski definition) is 1. The average Bonchev–Trinajstić information content (AvgIpc) is 3.01. The molecule has 31 heavy (non-hydrogen) atoms. The molecule has 0 radical (unpaired) electrons. The maximum atomic E-state index is 12.8. The molecule has 0 unspecified atom stereocenters. The first-order valence-electron chi connectivity index (χ1n) is 10.0. The van der Waals surface area contributed by atoms with E-state index in [2.05, 4.69) is 0 Å². The maximum absolute atomic E-state index is 12.8. The highest BCUT2D eigenvalue weighted by molar-refractivity contribution is 8.18. The molecule has 1 aromatic rings. The lowest BCUT2D eigenvalue weighted by Gasteiger charge is -2.27. The Morgan fingerprint density at radius 1 is 1.16 bits per heavy atom. The van der Waals surface area contributed by atoms with Gasteiger partial charge in [-0.05, 0) is 50.1 Å². The minimum atomic E-state index is -1.16. The Labute approximate surface area is 184 Å². The van der Waals surface area contributed by atoms with Crippen molar-refractivity contribution in [2.75, 3.05) is 32.8 Å². The number of benzene rings is 1. The first kappa shape index (κ1) is 22.7. The van der Waals surface area contributed by atoms with Crippen LogP contribution >= 0.6 is 11.8 Å². The third-order valence-electron chi connectivity index (χ3n) is 4.81. The molecule has 9 nitrogen and oxygen atoms in total. The van der Waals surface area contributed by atoms with Crippen molar-refractivity contribution in [3.63, 3.8) is 0 Å². The molecule has 0 atom stereocenters. The van der Waals surface area contributed by atoms with Crippen molar-refractivity contribution in [3.05, 3.63) is 28.7 Å². The molecule has 1 aromatic carbocycles. The van der Waals surface area contributed by atoms with Crippen molar-refractivity contribution < 1.29 is 33.8 Å². The van der Waals surface area contributed by atoms with Gasteiger partial charge in [-0.1, -0.05) is 12.1 Å². The number of aliphatic carboxylic acids is 1. The van der Waals surface area contributed by atoms with Gasteiger partial charge < -0.3 is 19.5 Å². The fourth-order valence-electron chi connectivity index (χ4n) is 3.36. The van der Waals surface area contributed by atoms with E-state index >= 15 is 0 Å². The monoisotopic (exact) mass is 448 g/mol. The topological polar surface area (TPSA) is 113 Å². The Kier molecular flexibility index (Phi) is 7.56. The number of amides is 3. The lowest BCUT2D eigenvalue weighted by Crippen LogP contribution is -2.44. The third-order valence-corrected chi connectivity index (χ3v) is 5.72. The third kappa shape index (κ3) is 5.57. The van der Waals surface area contributed by atoms with Gasteiger partial charge in [0.05, 0.1) is 11.5 Å². The molecule has 2 heterocycles. The summed E-state index contributed by atoms with van der Waals surface area (Å²) in [4.78, 5) is 51.4. The highest BCUT2D eigenvalue weighted by atomic mass is 32.2. The molecule has 2 aliphatic heterocycles. The van der Waals surface area contributed by atoms with Crippen LogP contribution < -0.4 is 9.47 Å². The van der Waals surface area contributed by atoms with Gasteiger partial charge in [0.2, 0.25) is 5.91 Å². The Bertz CT molecular complexity index is 909. The van der Waals surface area contributed by atoms with Crippen molar-refractivity contribution in [3.8, 4) is 11.5 Å². The average molecular weight is 448 g/mol. The number of para-hydroxylation sites is 1. The van der Waals surface area contributed by atoms with Crippen LogP contribution in [0.3, 0.4) is 0 Å². The Hall–Kier alpha value is -3.01. The summed E-state index contributed by atoms with van der Waals surface area (Å²) < 4.78 is 10.9. The zero-order valence-electron chi connectivity index (χ0n) is 17.2. The molecule has 1 N–H and O–H groups in total. The fourth-order valence-corrected chi connectivity index (χ4v) is 4.19. The number of carbonyl (C=O) groups is 4. The van der Waals surface area contributed by atoms with Crippen LogP contribution in [0.25, 0.3) is 6.08 Å². The molecule has 0 aromatic heterocycles. The van der Waals surface area contributed by atoms with Crippen LogP contribution in [0.2, 0.25) is 0 Å². The maximum Gasteiger partial charge on any atom is 0.341 e. The van der Waals surface area contributed by atoms with Gasteiger partial charge in [-0.25, -0.2) is 4.79 Å². The molecule has 166 valence electrons. The Balaban J connectivity index is 1.81. The summed E-state index contributed by atoms with van der Waals surface area (Å²) in [6, 6.07) is 4.93. The minimum absolute atomic E-state index is 0.130. The van der Waals surface area contributed by atoms with E-state index in [4.69, 9.17) is 14.6 Å². The standard InChI is InChI=1S/C21H24N2O7S/c1-2-29-15-8-6-7-14(19(15)30-13-18(25)26)11-16-20(27)23(21(28)31-16)12-17(24)22-9-4-3-5-10-22/h6-8,11H,2-5,9-10,12-13H2,1H3,(H,25,26)/b16-11-. The van der Waals surface area contributed by atoms with E-state index in [0.29, 0.717) is 31.0 Å². The van der Waals surface area contributed by atoms with Crippen molar-refractivity contribution in [2.24, 2.45) is 0 Å². The summed E-state index contributed by atoms with van der Waals surface area (Å²) in [5, 5.41) is 8.43. The van der Waals surface area contributed by atoms with Crippen LogP contribution in [-0.4, -0.2) is 70.8 Å². The SMILES string of the molecule is CCOc1cccc(/C=C2\SC(=O)N(CC(=O)N3CCCCC3)C2=O)c1OCC(=O)O. The van der Waals surface area contributed by atoms with Crippen molar-refractivity contribution >= 4 is 40.9 Å². The summed E-state index contributed by atoms with van der Waals surface area (Å²) in [5.41, 5.74) is 0.403. The van der Waals surface area contributed by atoms with Gasteiger partial charge in [-0.15, -0.1) is 0 Å². The van der Waals surface area contributed by atoms with E-state index in [-0.39, 0.29) is 23.1 Å². The van der Waals surface area contributed by atoms with Gasteiger partial charge in [-0.2, -0.15) is 0 Å². The van der Waals surface area contributed by atoms with Crippen molar-refractivity contribution in [1.82, 2.24) is 9.80 Å². The first-order valence-corrected chi connectivity index (χ1v) is 10.9. The minimum Gasteiger partial charge on any atom is -0.490 e. The summed E-state index contributed by atoms with van der Waals surface area (Å²) in [7, 11) is 0. The summed E-state index contributed by atoms with van der Waals surface area (Å²) in [6.07, 6.45) is 4.36. The van der Waals surface area contributed by atoms with E-state index in [1.165, 1.54) is 6.08 Å². The van der Waals surface area contributed by atoms with Gasteiger partial charge >= 0.3 is 5.97 Å². The predicted octanol–water partition coefficient (Wildman–Crippen LogP) is 2.60. The molecular formula is C21H24N2O7S. The number of imide groups is 1. The van der Waals surface area contributed by atoms with Gasteiger partial charge in [-0.3, -0.25) is 19.3 Å². The summed E-state index contributed by atoms with van der Waals surface area (Å²) in [5.74, 6) is -1.47. The molecule has 0 spiro atoms. The normalized spacial score (nSPS) is 17.9. The number of carbonyl (C=O) groups excluding carboxylic acids is 3. The van der Waals surface area contributed by atoms with E-state index in [1.807, 2.05) is 0 Å². The van der Waals surface area contributed by atoms with Crippen molar-refractivity contribution in [1.29, 1.82) is 0 Å². The molecule has 0 saturated carbocycles. The molecule has 10 heteroatoms. The number of ether oxygens (including phenoxy) is 2. The van der Waals surface area contributed by atoms with Crippen LogP contribution in [0.15, 0.2) is 23.1 Å². The number of carboxylic acids is 1. The van der Waals surface area contributed by atoms with E-state index in [0.717, 1.165) is 35.9 Å². The second kappa shape index (κ2) is 10.3. The molecule has 3 rings (SSSR count). The molecular weight excluding hydrogens is 424 g/mol. The zero-order chi connectivity index (χ0) is 22.4. The number of piperidine rings is 1. The highest BCUT2D eigenvalue weighted by Gasteiger charge is 2.37. The van der Waals surface area contributed by atoms with Crippen LogP contribution in [0.5, 0.6) is 11.5 Å². The number of nitrogens with zero attached hydrogens (tertiary/aromatic N) is 2. The van der Waals surface area contributed by atoms with E-state index < -0.39 is 23.7 Å². The van der Waals surface area contributed by atoms with E-state index in [1.54, 1.807) is 30.0 Å². The molecule has 2 saturated heterocycles.